The van der Waals surface area contributed by atoms with Crippen molar-refractivity contribution >= 4 is 23.5 Å². The predicted molar refractivity (Wildman–Crippen MR) is 280 cm³/mol. The molecule has 1 aromatic heterocycles. The first-order valence-electron chi connectivity index (χ1n) is 28.3. The summed E-state index contributed by atoms with van der Waals surface area (Å²) in [5.74, 6) is 3.72. The van der Waals surface area contributed by atoms with Crippen molar-refractivity contribution in [2.45, 2.75) is 179 Å². The fourth-order valence-electron chi connectivity index (χ4n) is 17.9. The molecule has 0 spiro atoms. The smallest absolute Gasteiger partial charge is 0.313 e. The van der Waals surface area contributed by atoms with Gasteiger partial charge >= 0.3 is 5.97 Å². The Labute approximate surface area is 438 Å². The van der Waals surface area contributed by atoms with Gasteiger partial charge in [0.05, 0.1) is 54.3 Å². The molecule has 12 N–H and O–H groups in total. The SMILES string of the molecule is CCCCC[C@@]12C[C@@H](O)[C@@H](O)C[C@]1(C)[C@H]1CC[C@]3(CCN=C(N)N)[C@@H]4[C@@H](CC#C[C@@H]([C@@H]5COC(=O)[C@H]5c5cc[nH]c5)C[C@H]5[C@@H](CC=C6CC[C@H](C)C[C@@H]65)[C@H](CO)C[C@@H](O)[C@]4(C)O)C[C@@]3(O)C1=C(NCC(C)=O)C2=O. The number of rotatable bonds is 13. The lowest BCUT2D eigenvalue weighted by molar-refractivity contribution is -0.201. The summed E-state index contributed by atoms with van der Waals surface area (Å²) in [6.07, 6.45) is 11.2. The first kappa shape index (κ1) is 54.7. The number of carbonyl (C=O) groups excluding carboxylic acids is 3. The minimum Gasteiger partial charge on any atom is -0.465 e. The molecule has 1 aromatic rings. The van der Waals surface area contributed by atoms with E-state index < -0.39 is 75.3 Å². The number of nitrogens with one attached hydrogen (secondary N) is 2. The van der Waals surface area contributed by atoms with Crippen LogP contribution in [-0.2, 0) is 19.1 Å². The number of allylic oxidation sites excluding steroid dienone is 3. The van der Waals surface area contributed by atoms with Gasteiger partial charge in [0.25, 0.3) is 0 Å². The molecule has 4 saturated carbocycles. The molecular formula is C59H87N5O10. The lowest BCUT2D eigenvalue weighted by Gasteiger charge is -2.66. The molecule has 0 bridgehead atoms. The third-order valence-corrected chi connectivity index (χ3v) is 21.3. The molecule has 0 amide bonds. The molecule has 8 aliphatic rings. The standard InChI is InChI=1S/C59H87N5O10/c1-6-7-8-18-58-28-46(68)45(67)27-55(58,4)44-16-19-57(20-22-63-54(60)61)51-37(26-59(57,73)49(44)50(52(58)70)64-29-34(3)66)11-9-10-36(43-32-74-53(71)48(43)38-17-21-62-30-38)24-42-40(39(31-65)25-47(69)56(51,5)72)15-14-35-13-12-33(2)23-41(35)42/h14,17,21,30,33,36-37,39-48,51,62,64-65,67-69,72-73H,6-8,11-13,15-16,18-20,22-29,31-32H2,1-5H3,(H4,60,61,63)/t33-,36+,37-,39-,40-,41-,42-,43-,44-,45-,46+,47+,48-,51+,55+,56-,57-,58-,59+/m0/s1. The van der Waals surface area contributed by atoms with Crippen LogP contribution in [0.25, 0.3) is 0 Å². The van der Waals surface area contributed by atoms with Gasteiger partial charge in [-0.25, -0.2) is 0 Å². The molecule has 2 heterocycles. The van der Waals surface area contributed by atoms with Crippen LogP contribution in [0.4, 0.5) is 0 Å². The molecule has 7 aliphatic carbocycles. The zero-order valence-electron chi connectivity index (χ0n) is 44.7. The number of unbranched alkanes of at least 4 members (excludes halogenated alkanes) is 2. The predicted octanol–water partition coefficient (Wildman–Crippen LogP) is 5.33. The number of ether oxygens (including phenoxy) is 1. The fraction of sp³-hybridized carbons (Fsp3) is 0.763. The number of aliphatic imine (C=N–C) groups is 1. The number of carbonyl (C=O) groups is 3. The highest BCUT2D eigenvalue weighted by Gasteiger charge is 2.76. The van der Waals surface area contributed by atoms with E-state index in [0.717, 1.165) is 37.7 Å². The highest BCUT2D eigenvalue weighted by atomic mass is 16.5. The van der Waals surface area contributed by atoms with Gasteiger partial charge in [-0.05, 0) is 161 Å². The summed E-state index contributed by atoms with van der Waals surface area (Å²) < 4.78 is 5.91. The number of esters is 1. The number of ketones is 2. The van der Waals surface area contributed by atoms with Gasteiger partial charge in [-0.3, -0.25) is 19.4 Å². The summed E-state index contributed by atoms with van der Waals surface area (Å²) in [6, 6.07) is 1.92. The monoisotopic (exact) mass is 1030 g/mol. The Hall–Kier alpha value is -4.04. The third kappa shape index (κ3) is 9.10. The Morgan fingerprint density at radius 2 is 1.77 bits per heavy atom. The minimum atomic E-state index is -1.90. The number of aromatic amines is 1. The van der Waals surface area contributed by atoms with E-state index in [0.29, 0.717) is 50.0 Å². The number of hydrogen-bond donors (Lipinski definition) is 10. The molecule has 0 radical (unpaired) electrons. The third-order valence-electron chi connectivity index (χ3n) is 21.3. The summed E-state index contributed by atoms with van der Waals surface area (Å²) >= 11 is 0. The summed E-state index contributed by atoms with van der Waals surface area (Å²) in [6.45, 7) is 9.40. The van der Waals surface area contributed by atoms with Crippen LogP contribution in [-0.4, -0.2) is 115 Å². The van der Waals surface area contributed by atoms with E-state index in [1.54, 1.807) is 6.92 Å². The van der Waals surface area contributed by atoms with Gasteiger partial charge < -0.3 is 57.1 Å². The number of guanidine groups is 1. The Kier molecular flexibility index (Phi) is 15.6. The second kappa shape index (κ2) is 21.1. The van der Waals surface area contributed by atoms with Gasteiger partial charge in [-0.15, -0.1) is 5.92 Å². The molecule has 19 atom stereocenters. The largest absolute Gasteiger partial charge is 0.465 e. The molecule has 15 heteroatoms. The average molecular weight is 1030 g/mol. The minimum absolute atomic E-state index is 0.0343. The summed E-state index contributed by atoms with van der Waals surface area (Å²) in [5.41, 5.74) is 7.81. The number of aliphatic hydroxyl groups is 6. The van der Waals surface area contributed by atoms with Crippen molar-refractivity contribution in [3.63, 3.8) is 0 Å². The number of Topliss-reactive ketones (excluding diaryl/α,β-unsaturated/α-hetero) is 2. The molecule has 408 valence electrons. The number of H-pyrrole nitrogens is 1. The lowest BCUT2D eigenvalue weighted by Crippen LogP contribution is -2.68. The van der Waals surface area contributed by atoms with Crippen molar-refractivity contribution in [3.8, 4) is 11.8 Å². The van der Waals surface area contributed by atoms with Gasteiger partial charge in [0.1, 0.15) is 5.78 Å². The number of cyclic esters (lactones) is 1. The van der Waals surface area contributed by atoms with E-state index in [2.05, 4.69) is 47.1 Å². The van der Waals surface area contributed by atoms with Crippen LogP contribution in [0, 0.1) is 87.3 Å². The second-order valence-electron chi connectivity index (χ2n) is 25.3. The molecule has 0 aromatic carbocycles. The highest BCUT2D eigenvalue weighted by Crippen LogP contribution is 2.74. The van der Waals surface area contributed by atoms with Crippen LogP contribution >= 0.6 is 0 Å². The second-order valence-corrected chi connectivity index (χ2v) is 25.3. The van der Waals surface area contributed by atoms with Gasteiger partial charge in [-0.2, -0.15) is 0 Å². The van der Waals surface area contributed by atoms with Crippen LogP contribution in [0.1, 0.15) is 155 Å². The van der Waals surface area contributed by atoms with Crippen molar-refractivity contribution in [2.75, 3.05) is 26.3 Å². The van der Waals surface area contributed by atoms with E-state index in [1.165, 1.54) is 12.5 Å². The van der Waals surface area contributed by atoms with E-state index in [1.807, 2.05) is 25.4 Å². The maximum Gasteiger partial charge on any atom is 0.313 e. The number of aliphatic hydroxyl groups excluding tert-OH is 4. The zero-order chi connectivity index (χ0) is 53.1. The molecular weight excluding hydrogens is 939 g/mol. The number of nitrogens with zero attached hydrogens (tertiary/aromatic N) is 1. The van der Waals surface area contributed by atoms with Crippen LogP contribution in [0.5, 0.6) is 0 Å². The van der Waals surface area contributed by atoms with Crippen LogP contribution < -0.4 is 16.8 Å². The first-order chi connectivity index (χ1) is 35.2. The summed E-state index contributed by atoms with van der Waals surface area (Å²) in [5, 5.41) is 79.0. The summed E-state index contributed by atoms with van der Waals surface area (Å²) in [7, 11) is 0. The van der Waals surface area contributed by atoms with E-state index in [9.17, 15) is 40.2 Å². The van der Waals surface area contributed by atoms with Crippen LogP contribution in [0.15, 0.2) is 46.4 Å². The normalized spacial score (nSPS) is 44.0. The van der Waals surface area contributed by atoms with E-state index in [4.69, 9.17) is 16.2 Å². The lowest BCUT2D eigenvalue weighted by atomic mass is 9.39. The van der Waals surface area contributed by atoms with Crippen molar-refractivity contribution in [2.24, 2.45) is 91.9 Å². The van der Waals surface area contributed by atoms with Gasteiger partial charge in [0.15, 0.2) is 11.7 Å². The van der Waals surface area contributed by atoms with Gasteiger partial charge in [0.2, 0.25) is 0 Å². The van der Waals surface area contributed by atoms with Crippen molar-refractivity contribution < 1.29 is 49.8 Å². The van der Waals surface area contributed by atoms with Gasteiger partial charge in [0, 0.05) is 60.5 Å². The first-order valence-corrected chi connectivity index (χ1v) is 28.3. The quantitative estimate of drug-likeness (QED) is 0.0300. The Balaban J connectivity index is 1.24. The van der Waals surface area contributed by atoms with Crippen molar-refractivity contribution in [3.05, 3.63) is 46.9 Å². The Morgan fingerprint density at radius 3 is 2.47 bits per heavy atom. The number of nitrogens with two attached hydrogens (primary N) is 2. The van der Waals surface area contributed by atoms with E-state index in [-0.39, 0.29) is 124 Å². The molecule has 0 unspecified atom stereocenters. The molecule has 1 aliphatic heterocycles. The Morgan fingerprint density at radius 1 is 1.00 bits per heavy atom. The number of hydrogen-bond acceptors (Lipinski definition) is 12. The molecule has 5 fully saturated rings. The highest BCUT2D eigenvalue weighted by molar-refractivity contribution is 6.03. The fourth-order valence-corrected chi connectivity index (χ4v) is 17.9. The number of fused-ring (bicyclic) bond motifs is 10. The van der Waals surface area contributed by atoms with E-state index >= 15 is 4.79 Å². The topological polar surface area (TPSA) is 274 Å². The van der Waals surface area contributed by atoms with Crippen molar-refractivity contribution in [1.82, 2.24) is 10.3 Å². The molecule has 15 nitrogen and oxygen atoms in total. The summed E-state index contributed by atoms with van der Waals surface area (Å²) in [4.78, 5) is 50.3. The average Bonchev–Trinajstić information content (AvgIpc) is 4.11. The van der Waals surface area contributed by atoms with Crippen molar-refractivity contribution in [1.29, 1.82) is 0 Å². The van der Waals surface area contributed by atoms with Crippen LogP contribution in [0.3, 0.4) is 0 Å². The molecule has 9 rings (SSSR count). The van der Waals surface area contributed by atoms with Gasteiger partial charge in [-0.1, -0.05) is 57.6 Å². The molecule has 1 saturated heterocycles. The maximum absolute atomic E-state index is 16.0. The maximum atomic E-state index is 16.0. The number of aromatic nitrogens is 1. The zero-order valence-corrected chi connectivity index (χ0v) is 44.7. The Bertz CT molecular complexity index is 2420. The van der Waals surface area contributed by atoms with Crippen LogP contribution in [0.2, 0.25) is 0 Å². The molecule has 74 heavy (non-hydrogen) atoms.